The molecule has 4 rings (SSSR count). The molecule has 0 heterocycles. The van der Waals surface area contributed by atoms with Crippen LogP contribution in [0.5, 0.6) is 5.75 Å². The maximum atomic E-state index is 14.8. The molecule has 0 saturated carbocycles. The van der Waals surface area contributed by atoms with E-state index < -0.39 is 69.3 Å². The highest BCUT2D eigenvalue weighted by atomic mass is 19.3. The normalized spacial score (nSPS) is 11.6. The Morgan fingerprint density at radius 3 is 1.72 bits per heavy atom. The molecule has 0 amide bonds. The zero-order valence-electron chi connectivity index (χ0n) is 18.1. The van der Waals surface area contributed by atoms with Crippen LogP contribution in [-0.4, -0.2) is 0 Å². The van der Waals surface area contributed by atoms with Gasteiger partial charge in [0.15, 0.2) is 29.1 Å². The third-order valence-electron chi connectivity index (χ3n) is 5.30. The minimum atomic E-state index is -4.99. The third kappa shape index (κ3) is 4.62. The van der Waals surface area contributed by atoms with E-state index in [2.05, 4.69) is 4.74 Å². The first-order chi connectivity index (χ1) is 16.9. The summed E-state index contributed by atoms with van der Waals surface area (Å²) in [6, 6.07) is 10.4. The van der Waals surface area contributed by atoms with Crippen molar-refractivity contribution in [2.24, 2.45) is 0 Å². The molecule has 0 N–H and O–H groups in total. The van der Waals surface area contributed by atoms with Gasteiger partial charge in [-0.2, -0.15) is 8.78 Å². The van der Waals surface area contributed by atoms with Crippen LogP contribution >= 0.6 is 0 Å². The third-order valence-corrected chi connectivity index (χ3v) is 5.30. The van der Waals surface area contributed by atoms with Gasteiger partial charge in [-0.25, -0.2) is 30.7 Å². The Morgan fingerprint density at radius 2 is 1.14 bits per heavy atom. The minimum Gasteiger partial charge on any atom is -0.429 e. The van der Waals surface area contributed by atoms with Crippen molar-refractivity contribution in [1.29, 1.82) is 0 Å². The molecule has 36 heavy (non-hydrogen) atoms. The molecule has 10 heteroatoms. The Bertz CT molecular complexity index is 1440. The Kier molecular flexibility index (Phi) is 6.46. The lowest BCUT2D eigenvalue weighted by Gasteiger charge is -2.20. The van der Waals surface area contributed by atoms with Crippen LogP contribution in [0.2, 0.25) is 0 Å². The molecule has 0 aliphatic rings. The monoisotopic (exact) mass is 512 g/mol. The second-order valence-corrected chi connectivity index (χ2v) is 7.79. The van der Waals surface area contributed by atoms with Crippen molar-refractivity contribution >= 4 is 0 Å². The van der Waals surface area contributed by atoms with Crippen molar-refractivity contribution in [2.75, 3.05) is 0 Å². The number of hydrogen-bond donors (Lipinski definition) is 0. The average Bonchev–Trinajstić information content (AvgIpc) is 2.80. The molecule has 4 aromatic carbocycles. The van der Waals surface area contributed by atoms with Gasteiger partial charge in [0.05, 0.1) is 0 Å². The van der Waals surface area contributed by atoms with Gasteiger partial charge in [-0.05, 0) is 30.2 Å². The molecule has 0 aliphatic carbocycles. The van der Waals surface area contributed by atoms with Crippen molar-refractivity contribution < 1.29 is 44.3 Å². The molecule has 0 atom stereocenters. The summed E-state index contributed by atoms with van der Waals surface area (Å²) in [5.74, 6) is -14.7. The summed E-state index contributed by atoms with van der Waals surface area (Å²) in [5.41, 5.74) is -1.92. The summed E-state index contributed by atoms with van der Waals surface area (Å²) in [7, 11) is 0. The van der Waals surface area contributed by atoms with E-state index in [-0.39, 0.29) is 18.2 Å². The van der Waals surface area contributed by atoms with E-state index in [1.165, 1.54) is 6.07 Å². The quantitative estimate of drug-likeness (QED) is 0.148. The smallest absolute Gasteiger partial charge is 0.429 e. The molecule has 0 saturated heterocycles. The van der Waals surface area contributed by atoms with Gasteiger partial charge in [-0.3, -0.25) is 0 Å². The Morgan fingerprint density at radius 1 is 0.556 bits per heavy atom. The summed E-state index contributed by atoms with van der Waals surface area (Å²) < 4.78 is 131. The maximum absolute atomic E-state index is 14.8. The summed E-state index contributed by atoms with van der Waals surface area (Å²) in [4.78, 5) is 0. The second-order valence-electron chi connectivity index (χ2n) is 7.79. The van der Waals surface area contributed by atoms with Crippen molar-refractivity contribution in [3.05, 3.63) is 113 Å². The van der Waals surface area contributed by atoms with Gasteiger partial charge in [0.1, 0.15) is 22.9 Å². The van der Waals surface area contributed by atoms with Crippen LogP contribution in [0.4, 0.5) is 39.5 Å². The summed E-state index contributed by atoms with van der Waals surface area (Å²) in [5, 5.41) is 0. The van der Waals surface area contributed by atoms with Gasteiger partial charge >= 0.3 is 6.11 Å². The van der Waals surface area contributed by atoms with Crippen LogP contribution in [0.3, 0.4) is 0 Å². The number of benzene rings is 4. The maximum Gasteiger partial charge on any atom is 0.432 e. The largest absolute Gasteiger partial charge is 0.432 e. The molecule has 0 aromatic heterocycles. The van der Waals surface area contributed by atoms with Crippen LogP contribution in [0.1, 0.15) is 11.1 Å². The molecule has 0 aliphatic heterocycles. The second kappa shape index (κ2) is 9.25. The van der Waals surface area contributed by atoms with Crippen LogP contribution in [0.25, 0.3) is 22.3 Å². The number of rotatable bonds is 5. The predicted molar refractivity (Wildman–Crippen MR) is 113 cm³/mol. The molecule has 0 unspecified atom stereocenters. The molecule has 186 valence electrons. The number of alkyl halides is 2. The highest BCUT2D eigenvalue weighted by Gasteiger charge is 2.43. The van der Waals surface area contributed by atoms with E-state index in [0.29, 0.717) is 11.1 Å². The first kappa shape index (κ1) is 25.2. The number of hydrogen-bond acceptors (Lipinski definition) is 1. The highest BCUT2D eigenvalue weighted by Crippen LogP contribution is 2.40. The fourth-order valence-electron chi connectivity index (χ4n) is 3.51. The zero-order valence-corrected chi connectivity index (χ0v) is 18.1. The van der Waals surface area contributed by atoms with Crippen molar-refractivity contribution in [1.82, 2.24) is 0 Å². The Labute approximate surface area is 198 Å². The van der Waals surface area contributed by atoms with Crippen molar-refractivity contribution in [2.45, 2.75) is 13.0 Å². The predicted octanol–water partition coefficient (Wildman–Crippen LogP) is 8.43. The SMILES string of the molecule is Cc1ccc(-c2ccc(-c3cc(F)c(C(F)(F)Oc4cc(F)c(F)c(F)c4)c(F)c3F)c(F)c2)cc1. The molecule has 0 bridgehead atoms. The van der Waals surface area contributed by atoms with Crippen LogP contribution < -0.4 is 4.74 Å². The molecule has 1 nitrogen and oxygen atoms in total. The Hall–Kier alpha value is -3.95. The van der Waals surface area contributed by atoms with Gasteiger partial charge < -0.3 is 4.74 Å². The minimum absolute atomic E-state index is 0.0117. The molecule has 4 aromatic rings. The van der Waals surface area contributed by atoms with E-state index in [9.17, 15) is 39.5 Å². The summed E-state index contributed by atoms with van der Waals surface area (Å²) in [6.45, 7) is 1.84. The lowest BCUT2D eigenvalue weighted by atomic mass is 9.97. The fourth-order valence-corrected chi connectivity index (χ4v) is 3.51. The summed E-state index contributed by atoms with van der Waals surface area (Å²) >= 11 is 0. The fraction of sp³-hybridized carbons (Fsp3) is 0.0769. The molecule has 0 fully saturated rings. The number of aryl methyl sites for hydroxylation is 1. The van der Waals surface area contributed by atoms with E-state index >= 15 is 0 Å². The van der Waals surface area contributed by atoms with Gasteiger partial charge in [-0.1, -0.05) is 42.0 Å². The lowest BCUT2D eigenvalue weighted by Crippen LogP contribution is -2.26. The van der Waals surface area contributed by atoms with E-state index in [4.69, 9.17) is 0 Å². The first-order valence-electron chi connectivity index (χ1n) is 10.2. The number of halogens is 9. The average molecular weight is 512 g/mol. The first-order valence-corrected chi connectivity index (χ1v) is 10.2. The molecule has 0 radical (unpaired) electrons. The number of ether oxygens (including phenoxy) is 1. The van der Waals surface area contributed by atoms with Crippen LogP contribution in [-0.2, 0) is 6.11 Å². The molecular formula is C26H13F9O. The topological polar surface area (TPSA) is 9.23 Å². The highest BCUT2D eigenvalue weighted by molar-refractivity contribution is 5.72. The van der Waals surface area contributed by atoms with Crippen LogP contribution in [0, 0.1) is 47.6 Å². The Balaban J connectivity index is 1.73. The van der Waals surface area contributed by atoms with Gasteiger partial charge in [0.25, 0.3) is 0 Å². The standard InChI is InChI=1S/C26H13F9O/c1-12-2-4-13(5-3-12)14-6-7-16(18(27)8-14)17-11-19(28)22(25(33)23(17)31)26(34,35)36-15-9-20(29)24(32)21(30)10-15/h2-11H,1H3. The van der Waals surface area contributed by atoms with Crippen molar-refractivity contribution in [3.63, 3.8) is 0 Å². The van der Waals surface area contributed by atoms with Gasteiger partial charge in [-0.15, -0.1) is 0 Å². The lowest BCUT2D eigenvalue weighted by molar-refractivity contribution is -0.190. The van der Waals surface area contributed by atoms with E-state index in [1.54, 1.807) is 24.3 Å². The van der Waals surface area contributed by atoms with Crippen LogP contribution in [0.15, 0.2) is 60.7 Å². The van der Waals surface area contributed by atoms with Gasteiger partial charge in [0.2, 0.25) is 0 Å². The van der Waals surface area contributed by atoms with E-state index in [1.807, 2.05) is 6.92 Å². The zero-order chi connectivity index (χ0) is 26.4. The van der Waals surface area contributed by atoms with E-state index in [0.717, 1.165) is 17.7 Å². The van der Waals surface area contributed by atoms with Gasteiger partial charge in [0, 0.05) is 23.3 Å². The summed E-state index contributed by atoms with van der Waals surface area (Å²) in [6.07, 6.45) is -4.99. The molecule has 0 spiro atoms. The molecular weight excluding hydrogens is 499 g/mol. The van der Waals surface area contributed by atoms with Crippen molar-refractivity contribution in [3.8, 4) is 28.0 Å².